The van der Waals surface area contributed by atoms with Crippen LogP contribution in [0.2, 0.25) is 0 Å². The molecule has 1 aromatic carbocycles. The third-order valence-electron chi connectivity index (χ3n) is 3.94. The minimum atomic E-state index is 0.186. The lowest BCUT2D eigenvalue weighted by Gasteiger charge is -2.07. The third-order valence-corrected chi connectivity index (χ3v) is 3.94. The molecule has 0 fully saturated rings. The smallest absolute Gasteiger partial charge is 0.231 e. The van der Waals surface area contributed by atoms with Gasteiger partial charge in [0.2, 0.25) is 12.7 Å². The normalized spacial score (nSPS) is 13.0. The Hall–Kier alpha value is -1.97. The van der Waals surface area contributed by atoms with E-state index in [9.17, 15) is 4.79 Å². The van der Waals surface area contributed by atoms with Crippen molar-refractivity contribution in [1.29, 1.82) is 0 Å². The first-order valence-corrected chi connectivity index (χ1v) is 8.98. The largest absolute Gasteiger partial charge is 0.454 e. The molecule has 24 heavy (non-hydrogen) atoms. The average molecular weight is 331 g/mol. The Morgan fingerprint density at radius 3 is 2.79 bits per heavy atom. The number of hydrogen-bond donors (Lipinski definition) is 1. The van der Waals surface area contributed by atoms with Gasteiger partial charge in [-0.3, -0.25) is 4.79 Å². The van der Waals surface area contributed by atoms with Crippen molar-refractivity contribution < 1.29 is 14.3 Å². The number of amides is 1. The van der Waals surface area contributed by atoms with Gasteiger partial charge in [0, 0.05) is 13.0 Å². The summed E-state index contributed by atoms with van der Waals surface area (Å²) in [5.41, 5.74) is 1.14. The highest BCUT2D eigenvalue weighted by Gasteiger charge is 2.11. The van der Waals surface area contributed by atoms with E-state index in [-0.39, 0.29) is 5.91 Å². The van der Waals surface area contributed by atoms with E-state index in [1.165, 1.54) is 6.42 Å². The molecule has 1 aromatic rings. The zero-order chi connectivity index (χ0) is 17.2. The van der Waals surface area contributed by atoms with Crippen LogP contribution in [0.1, 0.15) is 57.9 Å². The average Bonchev–Trinajstić information content (AvgIpc) is 3.03. The lowest BCUT2D eigenvalue weighted by molar-refractivity contribution is -0.121. The maximum Gasteiger partial charge on any atom is 0.231 e. The van der Waals surface area contributed by atoms with Crippen molar-refractivity contribution in [3.05, 3.63) is 29.8 Å². The molecule has 0 spiro atoms. The maximum absolute atomic E-state index is 11.6. The van der Waals surface area contributed by atoms with Crippen molar-refractivity contribution >= 4 is 12.0 Å². The number of rotatable bonds is 10. The SMILES string of the molecule is CC(C)CNC(=O)CCCCCC/C=C/c1ccc2c(c1)OCO2. The summed E-state index contributed by atoms with van der Waals surface area (Å²) >= 11 is 0. The molecule has 4 heteroatoms. The van der Waals surface area contributed by atoms with Crippen LogP contribution in [0, 0.1) is 5.92 Å². The van der Waals surface area contributed by atoms with Crippen LogP contribution in [0.15, 0.2) is 24.3 Å². The van der Waals surface area contributed by atoms with Crippen LogP contribution in [-0.2, 0) is 4.79 Å². The highest BCUT2D eigenvalue weighted by molar-refractivity contribution is 5.75. The summed E-state index contributed by atoms with van der Waals surface area (Å²) in [5, 5.41) is 2.96. The molecule has 4 nitrogen and oxygen atoms in total. The van der Waals surface area contributed by atoms with Crippen molar-refractivity contribution in [3.8, 4) is 11.5 Å². The Morgan fingerprint density at radius 1 is 1.17 bits per heavy atom. The van der Waals surface area contributed by atoms with Crippen molar-refractivity contribution in [3.63, 3.8) is 0 Å². The van der Waals surface area contributed by atoms with Crippen molar-refractivity contribution in [2.75, 3.05) is 13.3 Å². The van der Waals surface area contributed by atoms with E-state index in [0.717, 1.165) is 49.3 Å². The Labute approximate surface area is 145 Å². The van der Waals surface area contributed by atoms with Crippen molar-refractivity contribution in [2.24, 2.45) is 5.92 Å². The zero-order valence-electron chi connectivity index (χ0n) is 14.8. The van der Waals surface area contributed by atoms with Gasteiger partial charge >= 0.3 is 0 Å². The molecule has 2 rings (SSSR count). The first kappa shape index (κ1) is 18.4. The van der Waals surface area contributed by atoms with E-state index in [1.54, 1.807) is 0 Å². The summed E-state index contributed by atoms with van der Waals surface area (Å²) in [5.74, 6) is 2.36. The van der Waals surface area contributed by atoms with Crippen molar-refractivity contribution in [2.45, 2.75) is 52.4 Å². The fourth-order valence-corrected chi connectivity index (χ4v) is 2.54. The second-order valence-electron chi connectivity index (χ2n) is 6.67. The lowest BCUT2D eigenvalue weighted by atomic mass is 10.1. The fourth-order valence-electron chi connectivity index (χ4n) is 2.54. The predicted molar refractivity (Wildman–Crippen MR) is 97.1 cm³/mol. The minimum Gasteiger partial charge on any atom is -0.454 e. The number of carbonyl (C=O) groups excluding carboxylic acids is 1. The number of carbonyl (C=O) groups is 1. The number of fused-ring (bicyclic) bond motifs is 1. The molecule has 0 atom stereocenters. The number of benzene rings is 1. The Balaban J connectivity index is 1.51. The monoisotopic (exact) mass is 331 g/mol. The molecule has 0 aromatic heterocycles. The predicted octanol–water partition coefficient (Wildman–Crippen LogP) is 4.54. The van der Waals surface area contributed by atoms with Crippen LogP contribution in [0.3, 0.4) is 0 Å². The lowest BCUT2D eigenvalue weighted by Crippen LogP contribution is -2.26. The van der Waals surface area contributed by atoms with Crippen molar-refractivity contribution in [1.82, 2.24) is 5.32 Å². The molecule has 0 saturated carbocycles. The third kappa shape index (κ3) is 6.65. The molecular formula is C20H29NO3. The Kier molecular flexibility index (Phi) is 7.66. The van der Waals surface area contributed by atoms with Gasteiger partial charge in [-0.2, -0.15) is 0 Å². The molecule has 1 amide bonds. The highest BCUT2D eigenvalue weighted by atomic mass is 16.7. The summed E-state index contributed by atoms with van der Waals surface area (Å²) in [6.45, 7) is 5.32. The van der Waals surface area contributed by atoms with Gasteiger partial charge in [-0.1, -0.05) is 44.9 Å². The van der Waals surface area contributed by atoms with Gasteiger partial charge < -0.3 is 14.8 Å². The molecule has 0 radical (unpaired) electrons. The number of hydrogen-bond acceptors (Lipinski definition) is 3. The molecule has 1 N–H and O–H groups in total. The second-order valence-corrected chi connectivity index (χ2v) is 6.67. The summed E-state index contributed by atoms with van der Waals surface area (Å²) in [6.07, 6.45) is 10.5. The summed E-state index contributed by atoms with van der Waals surface area (Å²) < 4.78 is 10.7. The maximum atomic E-state index is 11.6. The van der Waals surface area contributed by atoms with Gasteiger partial charge in [0.05, 0.1) is 0 Å². The Morgan fingerprint density at radius 2 is 1.96 bits per heavy atom. The first-order chi connectivity index (χ1) is 11.6. The van der Waals surface area contributed by atoms with Crippen LogP contribution in [0.4, 0.5) is 0 Å². The molecular weight excluding hydrogens is 302 g/mol. The molecule has 0 aliphatic carbocycles. The molecule has 1 heterocycles. The summed E-state index contributed by atoms with van der Waals surface area (Å²) in [6, 6.07) is 6.00. The molecule has 132 valence electrons. The van der Waals surface area contributed by atoms with Crippen LogP contribution in [-0.4, -0.2) is 19.2 Å². The van der Waals surface area contributed by atoms with Crippen LogP contribution < -0.4 is 14.8 Å². The number of unbranched alkanes of at least 4 members (excludes halogenated alkanes) is 4. The van der Waals surface area contributed by atoms with E-state index in [2.05, 4.69) is 31.3 Å². The van der Waals surface area contributed by atoms with Gasteiger partial charge in [0.15, 0.2) is 11.5 Å². The molecule has 0 saturated heterocycles. The zero-order valence-corrected chi connectivity index (χ0v) is 14.8. The highest BCUT2D eigenvalue weighted by Crippen LogP contribution is 2.32. The van der Waals surface area contributed by atoms with E-state index in [4.69, 9.17) is 9.47 Å². The molecule has 0 bridgehead atoms. The van der Waals surface area contributed by atoms with Crippen LogP contribution in [0.25, 0.3) is 6.08 Å². The van der Waals surface area contributed by atoms with Gasteiger partial charge in [-0.25, -0.2) is 0 Å². The molecule has 1 aliphatic rings. The first-order valence-electron chi connectivity index (χ1n) is 8.98. The topological polar surface area (TPSA) is 47.6 Å². The molecule has 1 aliphatic heterocycles. The summed E-state index contributed by atoms with van der Waals surface area (Å²) in [7, 11) is 0. The number of ether oxygens (including phenoxy) is 2. The fraction of sp³-hybridized carbons (Fsp3) is 0.550. The van der Waals surface area contributed by atoms with Gasteiger partial charge in [0.25, 0.3) is 0 Å². The van der Waals surface area contributed by atoms with E-state index < -0.39 is 0 Å². The minimum absolute atomic E-state index is 0.186. The standard InChI is InChI=1S/C20H29NO3/c1-16(2)14-21-20(22)10-8-6-4-3-5-7-9-17-11-12-18-19(13-17)24-15-23-18/h7,9,11-13,16H,3-6,8,10,14-15H2,1-2H3,(H,21,22)/b9-7+. The Bertz CT molecular complexity index is 552. The van der Waals surface area contributed by atoms with Gasteiger partial charge in [-0.15, -0.1) is 0 Å². The summed E-state index contributed by atoms with van der Waals surface area (Å²) in [4.78, 5) is 11.6. The van der Waals surface area contributed by atoms with E-state index >= 15 is 0 Å². The van der Waals surface area contributed by atoms with Crippen LogP contribution in [0.5, 0.6) is 11.5 Å². The number of allylic oxidation sites excluding steroid dienone is 1. The van der Waals surface area contributed by atoms with E-state index in [1.807, 2.05) is 18.2 Å². The van der Waals surface area contributed by atoms with Crippen LogP contribution >= 0.6 is 0 Å². The quantitative estimate of drug-likeness (QED) is 0.640. The van der Waals surface area contributed by atoms with E-state index in [0.29, 0.717) is 19.1 Å². The van der Waals surface area contributed by atoms with Gasteiger partial charge in [0.1, 0.15) is 0 Å². The molecule has 0 unspecified atom stereocenters. The number of nitrogens with one attached hydrogen (secondary N) is 1. The second kappa shape index (κ2) is 10.0. The van der Waals surface area contributed by atoms with Gasteiger partial charge in [-0.05, 0) is 42.9 Å².